The third kappa shape index (κ3) is 1.71. The topological polar surface area (TPSA) is 22.0 Å². The van der Waals surface area contributed by atoms with E-state index in [9.17, 15) is 4.79 Å². The summed E-state index contributed by atoms with van der Waals surface area (Å²) in [6, 6.07) is 10.2. The SMILES string of the molecule is CC(=O)n1c([Si](C)(C)C)cc2ccccc21. The molecule has 0 aliphatic rings. The summed E-state index contributed by atoms with van der Waals surface area (Å²) >= 11 is 0. The molecule has 2 aromatic rings. The Balaban J connectivity index is 2.84. The molecule has 0 saturated carbocycles. The molecule has 0 unspecified atom stereocenters. The van der Waals surface area contributed by atoms with Crippen molar-refractivity contribution in [3.05, 3.63) is 30.3 Å². The van der Waals surface area contributed by atoms with Crippen molar-refractivity contribution in [1.82, 2.24) is 4.57 Å². The summed E-state index contributed by atoms with van der Waals surface area (Å²) in [7, 11) is -1.48. The highest BCUT2D eigenvalue weighted by Crippen LogP contribution is 2.17. The Morgan fingerprint density at radius 3 is 2.38 bits per heavy atom. The molecule has 1 aromatic carbocycles. The van der Waals surface area contributed by atoms with Gasteiger partial charge in [0, 0.05) is 12.2 Å². The van der Waals surface area contributed by atoms with Crippen molar-refractivity contribution in [3.8, 4) is 0 Å². The lowest BCUT2D eigenvalue weighted by molar-refractivity contribution is 0.0944. The summed E-state index contributed by atoms with van der Waals surface area (Å²) in [5.74, 6) is 0.110. The van der Waals surface area contributed by atoms with Gasteiger partial charge in [-0.3, -0.25) is 9.36 Å². The second kappa shape index (κ2) is 3.59. The molecule has 0 atom stereocenters. The molecule has 0 aliphatic carbocycles. The average molecular weight is 231 g/mol. The monoisotopic (exact) mass is 231 g/mol. The van der Waals surface area contributed by atoms with Crippen LogP contribution in [-0.4, -0.2) is 18.5 Å². The highest BCUT2D eigenvalue weighted by Gasteiger charge is 2.24. The van der Waals surface area contributed by atoms with Crippen LogP contribution in [0.15, 0.2) is 30.3 Å². The van der Waals surface area contributed by atoms with Crippen LogP contribution in [0.3, 0.4) is 0 Å². The van der Waals surface area contributed by atoms with E-state index < -0.39 is 8.07 Å². The van der Waals surface area contributed by atoms with Gasteiger partial charge in [-0.1, -0.05) is 37.8 Å². The molecule has 0 spiro atoms. The summed E-state index contributed by atoms with van der Waals surface area (Å²) in [5.41, 5.74) is 1.03. The van der Waals surface area contributed by atoms with Crippen molar-refractivity contribution >= 4 is 30.2 Å². The highest BCUT2D eigenvalue weighted by molar-refractivity contribution is 6.88. The first kappa shape index (κ1) is 11.1. The average Bonchev–Trinajstić information content (AvgIpc) is 2.55. The first-order valence-corrected chi connectivity index (χ1v) is 9.03. The van der Waals surface area contributed by atoms with Crippen molar-refractivity contribution in [2.45, 2.75) is 26.6 Å². The van der Waals surface area contributed by atoms with E-state index in [4.69, 9.17) is 0 Å². The molecular formula is C13H17NOSi. The van der Waals surface area contributed by atoms with Gasteiger partial charge in [-0.15, -0.1) is 0 Å². The summed E-state index contributed by atoms with van der Waals surface area (Å²) in [6.07, 6.45) is 0. The smallest absolute Gasteiger partial charge is 0.227 e. The Labute approximate surface area is 96.9 Å². The summed E-state index contributed by atoms with van der Waals surface area (Å²) < 4.78 is 1.88. The number of fused-ring (bicyclic) bond motifs is 1. The van der Waals surface area contributed by atoms with Gasteiger partial charge in [0.25, 0.3) is 0 Å². The van der Waals surface area contributed by atoms with E-state index in [1.165, 1.54) is 5.32 Å². The molecule has 1 heterocycles. The number of aromatic nitrogens is 1. The first-order valence-electron chi connectivity index (χ1n) is 5.53. The first-order chi connectivity index (χ1) is 7.41. The molecule has 0 bridgehead atoms. The molecule has 3 heteroatoms. The molecular weight excluding hydrogens is 214 g/mol. The molecule has 0 radical (unpaired) electrons. The lowest BCUT2D eigenvalue weighted by atomic mass is 10.2. The maximum atomic E-state index is 11.8. The van der Waals surface area contributed by atoms with E-state index in [0.29, 0.717) is 0 Å². The molecule has 0 saturated heterocycles. The molecule has 0 amide bonds. The van der Waals surface area contributed by atoms with Gasteiger partial charge < -0.3 is 0 Å². The van der Waals surface area contributed by atoms with Crippen LogP contribution in [0.25, 0.3) is 10.9 Å². The van der Waals surface area contributed by atoms with Gasteiger partial charge in [0.1, 0.15) is 0 Å². The Hall–Kier alpha value is -1.35. The largest absolute Gasteiger partial charge is 0.289 e. The van der Waals surface area contributed by atoms with Crippen LogP contribution in [0, 0.1) is 0 Å². The van der Waals surface area contributed by atoms with E-state index in [2.05, 4.69) is 31.8 Å². The molecule has 2 nitrogen and oxygen atoms in total. The fourth-order valence-corrected chi connectivity index (χ4v) is 3.58. The standard InChI is InChI=1S/C13H17NOSi/c1-10(15)14-12-8-6-5-7-11(12)9-13(14)16(2,3)4/h5-9H,1-4H3. The van der Waals surface area contributed by atoms with Gasteiger partial charge in [-0.05, 0) is 17.5 Å². The maximum absolute atomic E-state index is 11.8. The number of carbonyl (C=O) groups is 1. The van der Waals surface area contributed by atoms with Gasteiger partial charge >= 0.3 is 0 Å². The molecule has 84 valence electrons. The van der Waals surface area contributed by atoms with Crippen molar-refractivity contribution in [1.29, 1.82) is 0 Å². The Kier molecular flexibility index (Phi) is 2.50. The molecule has 0 N–H and O–H groups in total. The normalized spacial score (nSPS) is 12.0. The molecule has 2 rings (SSSR count). The van der Waals surface area contributed by atoms with Gasteiger partial charge in [-0.25, -0.2) is 0 Å². The zero-order valence-corrected chi connectivity index (χ0v) is 11.2. The van der Waals surface area contributed by atoms with Crippen LogP contribution in [0.5, 0.6) is 0 Å². The van der Waals surface area contributed by atoms with Crippen LogP contribution in [-0.2, 0) is 0 Å². The minimum absolute atomic E-state index is 0.110. The van der Waals surface area contributed by atoms with Crippen LogP contribution < -0.4 is 5.32 Å². The van der Waals surface area contributed by atoms with Crippen molar-refractivity contribution in [3.63, 3.8) is 0 Å². The third-order valence-electron chi connectivity index (χ3n) is 2.79. The zero-order chi connectivity index (χ0) is 11.9. The number of nitrogens with zero attached hydrogens (tertiary/aromatic N) is 1. The van der Waals surface area contributed by atoms with Crippen molar-refractivity contribution in [2.24, 2.45) is 0 Å². The fourth-order valence-electron chi connectivity index (χ4n) is 2.05. The summed E-state index contributed by atoms with van der Waals surface area (Å²) in [6.45, 7) is 8.43. The minimum atomic E-state index is -1.48. The number of para-hydroxylation sites is 1. The maximum Gasteiger partial charge on any atom is 0.227 e. The third-order valence-corrected chi connectivity index (χ3v) is 4.70. The van der Waals surface area contributed by atoms with E-state index in [0.717, 1.165) is 10.9 Å². The van der Waals surface area contributed by atoms with E-state index in [1.807, 2.05) is 22.8 Å². The molecule has 1 aromatic heterocycles. The predicted molar refractivity (Wildman–Crippen MR) is 71.2 cm³/mol. The van der Waals surface area contributed by atoms with Crippen LogP contribution in [0.2, 0.25) is 19.6 Å². The molecule has 0 aliphatic heterocycles. The Morgan fingerprint density at radius 1 is 1.19 bits per heavy atom. The zero-order valence-electron chi connectivity index (χ0n) is 10.2. The summed E-state index contributed by atoms with van der Waals surface area (Å²) in [4.78, 5) is 11.8. The van der Waals surface area contributed by atoms with Gasteiger partial charge in [0.15, 0.2) is 0 Å². The van der Waals surface area contributed by atoms with Crippen LogP contribution >= 0.6 is 0 Å². The van der Waals surface area contributed by atoms with E-state index in [-0.39, 0.29) is 5.91 Å². The summed E-state index contributed by atoms with van der Waals surface area (Å²) in [5, 5.41) is 2.37. The highest BCUT2D eigenvalue weighted by atomic mass is 28.3. The second-order valence-electron chi connectivity index (χ2n) is 5.19. The number of carbonyl (C=O) groups excluding carboxylic acids is 1. The quantitative estimate of drug-likeness (QED) is 0.692. The minimum Gasteiger partial charge on any atom is -0.289 e. The van der Waals surface area contributed by atoms with Crippen molar-refractivity contribution < 1.29 is 4.79 Å². The lowest BCUT2D eigenvalue weighted by Gasteiger charge is -2.18. The van der Waals surface area contributed by atoms with E-state index >= 15 is 0 Å². The van der Waals surface area contributed by atoms with Crippen LogP contribution in [0.1, 0.15) is 11.7 Å². The predicted octanol–water partition coefficient (Wildman–Crippen LogP) is 2.85. The lowest BCUT2D eigenvalue weighted by Crippen LogP contribution is -2.44. The molecule has 16 heavy (non-hydrogen) atoms. The number of hydrogen-bond donors (Lipinski definition) is 0. The Morgan fingerprint density at radius 2 is 1.81 bits per heavy atom. The molecule has 0 fully saturated rings. The number of benzene rings is 1. The van der Waals surface area contributed by atoms with Gasteiger partial charge in [0.05, 0.1) is 13.6 Å². The van der Waals surface area contributed by atoms with Gasteiger partial charge in [-0.2, -0.15) is 0 Å². The van der Waals surface area contributed by atoms with Gasteiger partial charge in [0.2, 0.25) is 5.91 Å². The Bertz CT molecular complexity index is 549. The number of rotatable bonds is 1. The second-order valence-corrected chi connectivity index (χ2v) is 10.2. The van der Waals surface area contributed by atoms with Crippen LogP contribution in [0.4, 0.5) is 0 Å². The van der Waals surface area contributed by atoms with E-state index in [1.54, 1.807) is 6.92 Å². The van der Waals surface area contributed by atoms with Crippen molar-refractivity contribution in [2.75, 3.05) is 0 Å². The number of hydrogen-bond acceptors (Lipinski definition) is 1. The fraction of sp³-hybridized carbons (Fsp3) is 0.308.